The first kappa shape index (κ1) is 22.4. The van der Waals surface area contributed by atoms with E-state index in [2.05, 4.69) is 105 Å². The molecular weight excluding hydrogens is 490 g/mol. The van der Waals surface area contributed by atoms with Crippen molar-refractivity contribution in [3.05, 3.63) is 140 Å². The van der Waals surface area contributed by atoms with E-state index in [9.17, 15) is 0 Å². The molecule has 0 atom stereocenters. The van der Waals surface area contributed by atoms with E-state index in [1.54, 1.807) is 0 Å². The average molecular weight is 514 g/mol. The van der Waals surface area contributed by atoms with Gasteiger partial charge in [0, 0.05) is 40.6 Å². The lowest BCUT2D eigenvalue weighted by Gasteiger charge is -2.12. The fraction of sp³-hybridized carbons (Fsp3) is 0. The fourth-order valence-electron chi connectivity index (χ4n) is 5.81. The molecule has 8 rings (SSSR count). The van der Waals surface area contributed by atoms with Gasteiger partial charge in [0.05, 0.1) is 22.1 Å². The monoisotopic (exact) mass is 513 g/mol. The summed E-state index contributed by atoms with van der Waals surface area (Å²) in [6.45, 7) is 0. The predicted octanol–water partition coefficient (Wildman–Crippen LogP) is 8.25. The Morgan fingerprint density at radius 1 is 0.500 bits per heavy atom. The molecule has 0 fully saturated rings. The third kappa shape index (κ3) is 3.38. The van der Waals surface area contributed by atoms with Crippen molar-refractivity contribution in [2.45, 2.75) is 0 Å². The zero-order valence-corrected chi connectivity index (χ0v) is 21.5. The van der Waals surface area contributed by atoms with E-state index in [-0.39, 0.29) is 0 Å². The average Bonchev–Trinajstić information content (AvgIpc) is 3.58. The molecule has 4 aromatic carbocycles. The summed E-state index contributed by atoms with van der Waals surface area (Å²) in [5.74, 6) is 1.68. The Hall–Kier alpha value is -5.55. The topological polar surface area (TPSA) is 48.5 Å². The van der Waals surface area contributed by atoms with Gasteiger partial charge in [0.2, 0.25) is 0 Å². The van der Waals surface area contributed by atoms with Gasteiger partial charge in [-0.25, -0.2) is 9.97 Å². The first-order valence-electron chi connectivity index (χ1n) is 13.3. The third-order valence-electron chi connectivity index (χ3n) is 7.51. The lowest BCUT2D eigenvalue weighted by molar-refractivity contribution is 1.03. The Labute approximate surface area is 230 Å². The summed E-state index contributed by atoms with van der Waals surface area (Å²) < 4.78 is 4.51. The molecule has 0 bridgehead atoms. The predicted molar refractivity (Wildman–Crippen MR) is 162 cm³/mol. The maximum absolute atomic E-state index is 5.42. The van der Waals surface area contributed by atoms with Gasteiger partial charge in [-0.3, -0.25) is 9.55 Å². The summed E-state index contributed by atoms with van der Waals surface area (Å²) >= 11 is 0. The van der Waals surface area contributed by atoms with Crippen molar-refractivity contribution in [1.82, 2.24) is 24.1 Å². The van der Waals surface area contributed by atoms with Gasteiger partial charge < -0.3 is 4.57 Å². The van der Waals surface area contributed by atoms with Crippen LogP contribution in [0.1, 0.15) is 0 Å². The van der Waals surface area contributed by atoms with Crippen LogP contribution in [0.2, 0.25) is 0 Å². The van der Waals surface area contributed by atoms with Crippen LogP contribution in [0.3, 0.4) is 0 Å². The van der Waals surface area contributed by atoms with Gasteiger partial charge in [-0.2, -0.15) is 0 Å². The molecule has 0 saturated heterocycles. The van der Waals surface area contributed by atoms with Gasteiger partial charge in [-0.15, -0.1) is 0 Å². The van der Waals surface area contributed by atoms with E-state index in [1.807, 2.05) is 48.9 Å². The molecule has 5 heteroatoms. The third-order valence-corrected chi connectivity index (χ3v) is 7.51. The number of hydrogen-bond acceptors (Lipinski definition) is 3. The molecule has 188 valence electrons. The highest BCUT2D eigenvalue weighted by Gasteiger charge is 2.22. The number of nitrogens with zero attached hydrogens (tertiary/aromatic N) is 5. The summed E-state index contributed by atoms with van der Waals surface area (Å²) in [4.78, 5) is 14.4. The second-order valence-electron chi connectivity index (χ2n) is 9.76. The number of imidazole rings is 1. The summed E-state index contributed by atoms with van der Waals surface area (Å²) in [6.07, 6.45) is 5.49. The zero-order valence-electron chi connectivity index (χ0n) is 21.5. The molecule has 4 heterocycles. The summed E-state index contributed by atoms with van der Waals surface area (Å²) in [6, 6.07) is 42.0. The molecule has 0 saturated carbocycles. The van der Waals surface area contributed by atoms with Crippen LogP contribution in [0.15, 0.2) is 140 Å². The van der Waals surface area contributed by atoms with E-state index in [0.29, 0.717) is 0 Å². The Balaban J connectivity index is 1.52. The zero-order chi connectivity index (χ0) is 26.5. The number of aromatic nitrogens is 5. The van der Waals surface area contributed by atoms with Gasteiger partial charge in [0.1, 0.15) is 11.6 Å². The van der Waals surface area contributed by atoms with Crippen molar-refractivity contribution in [3.8, 4) is 34.0 Å². The molecule has 4 aromatic heterocycles. The van der Waals surface area contributed by atoms with Crippen LogP contribution in [0.4, 0.5) is 0 Å². The Kier molecular flexibility index (Phi) is 5.07. The lowest BCUT2D eigenvalue weighted by atomic mass is 10.00. The first-order chi connectivity index (χ1) is 19.9. The molecular formula is C35H23N5. The minimum atomic E-state index is 0.829. The largest absolute Gasteiger partial charge is 0.309 e. The Morgan fingerprint density at radius 3 is 2.05 bits per heavy atom. The van der Waals surface area contributed by atoms with E-state index in [1.165, 1.54) is 5.39 Å². The second kappa shape index (κ2) is 9.03. The quantitative estimate of drug-likeness (QED) is 0.238. The minimum Gasteiger partial charge on any atom is -0.309 e. The van der Waals surface area contributed by atoms with Crippen molar-refractivity contribution in [1.29, 1.82) is 0 Å². The Bertz CT molecular complexity index is 2140. The molecule has 40 heavy (non-hydrogen) atoms. The highest BCUT2D eigenvalue weighted by molar-refractivity contribution is 6.20. The van der Waals surface area contributed by atoms with Crippen LogP contribution in [0, 0.1) is 0 Å². The molecule has 5 nitrogen and oxygen atoms in total. The number of pyridine rings is 2. The van der Waals surface area contributed by atoms with Gasteiger partial charge in [-0.05, 0) is 65.7 Å². The van der Waals surface area contributed by atoms with Gasteiger partial charge in [0.25, 0.3) is 0 Å². The van der Waals surface area contributed by atoms with E-state index >= 15 is 0 Å². The molecule has 0 unspecified atom stereocenters. The van der Waals surface area contributed by atoms with Crippen molar-refractivity contribution in [2.75, 3.05) is 0 Å². The first-order valence-corrected chi connectivity index (χ1v) is 13.3. The van der Waals surface area contributed by atoms with Crippen molar-refractivity contribution < 1.29 is 0 Å². The fourth-order valence-corrected chi connectivity index (χ4v) is 5.81. The highest BCUT2D eigenvalue weighted by Crippen LogP contribution is 2.40. The van der Waals surface area contributed by atoms with Crippen molar-refractivity contribution in [2.24, 2.45) is 0 Å². The number of para-hydroxylation sites is 2. The number of fused-ring (bicyclic) bond motifs is 5. The summed E-state index contributed by atoms with van der Waals surface area (Å²) in [7, 11) is 0. The van der Waals surface area contributed by atoms with Crippen LogP contribution in [0.5, 0.6) is 0 Å². The molecule has 0 aliphatic carbocycles. The minimum absolute atomic E-state index is 0.829. The summed E-state index contributed by atoms with van der Waals surface area (Å²) in [5.41, 5.74) is 8.60. The second-order valence-corrected chi connectivity index (χ2v) is 9.76. The molecule has 8 aromatic rings. The molecule has 0 aliphatic heterocycles. The van der Waals surface area contributed by atoms with E-state index < -0.39 is 0 Å². The Morgan fingerprint density at radius 2 is 1.23 bits per heavy atom. The van der Waals surface area contributed by atoms with Crippen LogP contribution in [-0.4, -0.2) is 24.1 Å². The SMILES string of the molecule is c1ccc(-n2c3ccccc3c3c4nc(-c5ccccc5-c5ccncc5)n(-c5ccccn5)c4ccc32)cc1. The van der Waals surface area contributed by atoms with Crippen LogP contribution in [-0.2, 0) is 0 Å². The standard InChI is InChI=1S/C35H23N5/c1-2-10-25(11-3-1)39-29-15-7-6-14-28(29)33-30(39)17-18-31-34(33)38-35(40(31)32-16-8-9-21-37-32)27-13-5-4-12-26(27)24-19-22-36-23-20-24/h1-23H. The van der Waals surface area contributed by atoms with Gasteiger partial charge >= 0.3 is 0 Å². The van der Waals surface area contributed by atoms with E-state index in [0.717, 1.165) is 61.5 Å². The van der Waals surface area contributed by atoms with Gasteiger partial charge in [0.15, 0.2) is 0 Å². The number of rotatable bonds is 4. The molecule has 0 radical (unpaired) electrons. The van der Waals surface area contributed by atoms with Crippen LogP contribution >= 0.6 is 0 Å². The molecule has 0 amide bonds. The van der Waals surface area contributed by atoms with Crippen molar-refractivity contribution in [3.63, 3.8) is 0 Å². The maximum atomic E-state index is 5.42. The molecule has 0 aliphatic rings. The highest BCUT2D eigenvalue weighted by atomic mass is 15.1. The summed E-state index contributed by atoms with van der Waals surface area (Å²) in [5, 5.41) is 2.31. The van der Waals surface area contributed by atoms with Gasteiger partial charge in [-0.1, -0.05) is 66.7 Å². The van der Waals surface area contributed by atoms with Crippen LogP contribution in [0.25, 0.3) is 66.9 Å². The maximum Gasteiger partial charge on any atom is 0.147 e. The van der Waals surface area contributed by atoms with Crippen LogP contribution < -0.4 is 0 Å². The normalized spacial score (nSPS) is 11.5. The molecule has 0 spiro atoms. The smallest absolute Gasteiger partial charge is 0.147 e. The van der Waals surface area contributed by atoms with E-state index in [4.69, 9.17) is 9.97 Å². The van der Waals surface area contributed by atoms with Crippen molar-refractivity contribution >= 4 is 32.8 Å². The molecule has 0 N–H and O–H groups in total. The number of hydrogen-bond donors (Lipinski definition) is 0. The number of benzene rings is 4. The lowest BCUT2D eigenvalue weighted by Crippen LogP contribution is -2.00.